The molecule has 1 aliphatic carbocycles. The maximum absolute atomic E-state index is 7.51. The highest BCUT2D eigenvalue weighted by atomic mass is 14.7. The lowest BCUT2D eigenvalue weighted by atomic mass is 9.92. The zero-order chi connectivity index (χ0) is 14.8. The molecular weight excluding hydrogens is 258 g/mol. The summed E-state index contributed by atoms with van der Waals surface area (Å²) in [5.41, 5.74) is 13.1. The van der Waals surface area contributed by atoms with E-state index in [1.807, 2.05) is 6.92 Å². The molecule has 3 nitrogen and oxygen atoms in total. The fourth-order valence-electron chi connectivity index (χ4n) is 3.11. The maximum Gasteiger partial charge on any atom is 0.0485 e. The molecule has 3 heteroatoms. The van der Waals surface area contributed by atoms with E-state index in [0.29, 0.717) is 6.54 Å². The first-order chi connectivity index (χ1) is 10.2. The number of hydrogen-bond acceptors (Lipinski definition) is 3. The zero-order valence-corrected chi connectivity index (χ0v) is 12.4. The topological polar surface area (TPSA) is 62.8 Å². The summed E-state index contributed by atoms with van der Waals surface area (Å²) in [4.78, 5) is 4.71. The second-order valence-electron chi connectivity index (χ2n) is 5.73. The molecule has 0 amide bonds. The van der Waals surface area contributed by atoms with Crippen molar-refractivity contribution in [3.8, 4) is 11.1 Å². The molecule has 0 saturated heterocycles. The monoisotopic (exact) mass is 279 g/mol. The second-order valence-corrected chi connectivity index (χ2v) is 5.73. The van der Waals surface area contributed by atoms with E-state index in [4.69, 9.17) is 16.1 Å². The first kappa shape index (κ1) is 14.0. The van der Waals surface area contributed by atoms with Crippen molar-refractivity contribution in [2.24, 2.45) is 5.73 Å². The van der Waals surface area contributed by atoms with Crippen molar-refractivity contribution in [1.82, 2.24) is 4.98 Å². The quantitative estimate of drug-likeness (QED) is 0.847. The number of aryl methyl sites for hydroxylation is 3. The molecule has 1 aromatic heterocycles. The van der Waals surface area contributed by atoms with E-state index >= 15 is 0 Å². The summed E-state index contributed by atoms with van der Waals surface area (Å²) in [6, 6.07) is 10.8. The Labute approximate surface area is 125 Å². The van der Waals surface area contributed by atoms with Gasteiger partial charge in [-0.2, -0.15) is 0 Å². The van der Waals surface area contributed by atoms with Crippen molar-refractivity contribution >= 4 is 6.21 Å². The average molecular weight is 279 g/mol. The third-order valence-corrected chi connectivity index (χ3v) is 4.28. The summed E-state index contributed by atoms with van der Waals surface area (Å²) in [7, 11) is 0. The normalized spacial score (nSPS) is 14.8. The average Bonchev–Trinajstić information content (AvgIpc) is 2.66. The summed E-state index contributed by atoms with van der Waals surface area (Å²) in [6.45, 7) is 2.53. The Hall–Kier alpha value is -2.00. The van der Waals surface area contributed by atoms with Crippen molar-refractivity contribution < 1.29 is 0 Å². The summed E-state index contributed by atoms with van der Waals surface area (Å²) in [5, 5.41) is 7.51. The predicted molar refractivity (Wildman–Crippen MR) is 87.0 cm³/mol. The molecule has 0 saturated carbocycles. The molecular formula is C18H21N3. The number of aromatic nitrogens is 1. The molecule has 0 fully saturated rings. The Morgan fingerprint density at radius 1 is 1.24 bits per heavy atom. The fraction of sp³-hybridized carbons (Fsp3) is 0.333. The number of benzene rings is 1. The Morgan fingerprint density at radius 3 is 2.81 bits per heavy atom. The smallest absolute Gasteiger partial charge is 0.0485 e. The molecule has 0 spiro atoms. The number of nitrogens with one attached hydrogen (secondary N) is 1. The summed E-state index contributed by atoms with van der Waals surface area (Å²) >= 11 is 0. The van der Waals surface area contributed by atoms with Crippen LogP contribution in [0.4, 0.5) is 0 Å². The van der Waals surface area contributed by atoms with Gasteiger partial charge in [-0.25, -0.2) is 0 Å². The van der Waals surface area contributed by atoms with Gasteiger partial charge in [0, 0.05) is 35.6 Å². The third kappa shape index (κ3) is 2.61. The Balaban J connectivity index is 2.10. The molecule has 0 bridgehead atoms. The van der Waals surface area contributed by atoms with Crippen LogP contribution >= 0.6 is 0 Å². The minimum atomic E-state index is 0.0224. The van der Waals surface area contributed by atoms with Gasteiger partial charge < -0.3 is 11.1 Å². The predicted octanol–water partition coefficient (Wildman–Crippen LogP) is 3.24. The van der Waals surface area contributed by atoms with Gasteiger partial charge >= 0.3 is 0 Å². The first-order valence-electron chi connectivity index (χ1n) is 7.53. The number of rotatable bonds is 3. The van der Waals surface area contributed by atoms with E-state index in [1.165, 1.54) is 28.6 Å². The van der Waals surface area contributed by atoms with Crippen molar-refractivity contribution in [1.29, 1.82) is 5.41 Å². The minimum absolute atomic E-state index is 0.0224. The van der Waals surface area contributed by atoms with Crippen LogP contribution in [-0.2, 0) is 12.8 Å². The molecule has 3 rings (SSSR count). The van der Waals surface area contributed by atoms with Crippen LogP contribution < -0.4 is 5.73 Å². The van der Waals surface area contributed by atoms with Crippen LogP contribution in [-0.4, -0.2) is 17.7 Å². The lowest BCUT2D eigenvalue weighted by Gasteiger charge is -2.14. The number of fused-ring (bicyclic) bond motifs is 3. The lowest BCUT2D eigenvalue weighted by Crippen LogP contribution is -2.13. The van der Waals surface area contributed by atoms with Crippen LogP contribution in [0.2, 0.25) is 0 Å². The Morgan fingerprint density at radius 2 is 2.05 bits per heavy atom. The molecule has 2 aromatic rings. The first-order valence-corrected chi connectivity index (χ1v) is 7.53. The van der Waals surface area contributed by atoms with E-state index in [2.05, 4.69) is 30.3 Å². The van der Waals surface area contributed by atoms with Gasteiger partial charge in [0.1, 0.15) is 0 Å². The van der Waals surface area contributed by atoms with Crippen LogP contribution in [0, 0.1) is 12.3 Å². The van der Waals surface area contributed by atoms with Crippen molar-refractivity contribution in [3.05, 3.63) is 52.8 Å². The fourth-order valence-corrected chi connectivity index (χ4v) is 3.11. The van der Waals surface area contributed by atoms with E-state index in [1.54, 1.807) is 0 Å². The molecule has 21 heavy (non-hydrogen) atoms. The van der Waals surface area contributed by atoms with Gasteiger partial charge in [0.15, 0.2) is 0 Å². The minimum Gasteiger partial charge on any atom is -0.329 e. The summed E-state index contributed by atoms with van der Waals surface area (Å²) in [6.07, 6.45) is 4.66. The van der Waals surface area contributed by atoms with Crippen LogP contribution in [0.3, 0.4) is 0 Å². The maximum atomic E-state index is 7.51. The van der Waals surface area contributed by atoms with Crippen molar-refractivity contribution in [3.63, 3.8) is 0 Å². The van der Waals surface area contributed by atoms with E-state index in [9.17, 15) is 0 Å². The molecule has 1 unspecified atom stereocenters. The standard InChI is InChI=1S/C18H21N3/c1-12-5-7-17-16-8-6-13(15(10-19)11-20)9-14(16)3-2-4-18(17)21-12/h5-10,15,19H,2-4,11,20H2,1H3. The van der Waals surface area contributed by atoms with E-state index < -0.39 is 0 Å². The number of nitrogens with two attached hydrogens (primary N) is 1. The molecule has 0 aliphatic heterocycles. The van der Waals surface area contributed by atoms with Crippen LogP contribution in [0.25, 0.3) is 11.1 Å². The van der Waals surface area contributed by atoms with Crippen LogP contribution in [0.5, 0.6) is 0 Å². The molecule has 0 radical (unpaired) electrons. The highest BCUT2D eigenvalue weighted by Gasteiger charge is 2.17. The van der Waals surface area contributed by atoms with Gasteiger partial charge in [-0.15, -0.1) is 0 Å². The molecule has 1 aromatic carbocycles. The number of hydrogen-bond donors (Lipinski definition) is 2. The zero-order valence-electron chi connectivity index (χ0n) is 12.4. The van der Waals surface area contributed by atoms with Crippen molar-refractivity contribution in [2.45, 2.75) is 32.1 Å². The van der Waals surface area contributed by atoms with Gasteiger partial charge in [0.2, 0.25) is 0 Å². The van der Waals surface area contributed by atoms with Gasteiger partial charge in [-0.3, -0.25) is 4.98 Å². The van der Waals surface area contributed by atoms with E-state index in [-0.39, 0.29) is 5.92 Å². The lowest BCUT2D eigenvalue weighted by molar-refractivity contribution is 0.808. The van der Waals surface area contributed by atoms with Gasteiger partial charge in [0.25, 0.3) is 0 Å². The molecule has 1 atom stereocenters. The number of nitrogens with zero attached hydrogens (tertiary/aromatic N) is 1. The largest absolute Gasteiger partial charge is 0.329 e. The number of pyridine rings is 1. The van der Waals surface area contributed by atoms with Crippen LogP contribution in [0.15, 0.2) is 30.3 Å². The molecule has 1 heterocycles. The van der Waals surface area contributed by atoms with Crippen LogP contribution in [0.1, 0.15) is 34.9 Å². The SMILES string of the molecule is Cc1ccc2c(n1)CCCc1cc(C(C=N)CN)ccc1-2. The molecule has 3 N–H and O–H groups in total. The van der Waals surface area contributed by atoms with E-state index in [0.717, 1.165) is 30.5 Å². The Bertz CT molecular complexity index is 676. The summed E-state index contributed by atoms with van der Waals surface area (Å²) < 4.78 is 0. The molecule has 108 valence electrons. The highest BCUT2D eigenvalue weighted by Crippen LogP contribution is 2.33. The highest BCUT2D eigenvalue weighted by molar-refractivity contribution is 5.73. The van der Waals surface area contributed by atoms with Gasteiger partial charge in [-0.1, -0.05) is 24.3 Å². The third-order valence-electron chi connectivity index (χ3n) is 4.28. The van der Waals surface area contributed by atoms with Crippen molar-refractivity contribution in [2.75, 3.05) is 6.54 Å². The molecule has 1 aliphatic rings. The second kappa shape index (κ2) is 5.78. The van der Waals surface area contributed by atoms with Gasteiger partial charge in [0.05, 0.1) is 0 Å². The van der Waals surface area contributed by atoms with Gasteiger partial charge in [-0.05, 0) is 48.9 Å². The Kier molecular flexibility index (Phi) is 3.84. The summed E-state index contributed by atoms with van der Waals surface area (Å²) in [5.74, 6) is 0.0224.